The van der Waals surface area contributed by atoms with Crippen molar-refractivity contribution in [3.63, 3.8) is 0 Å². The van der Waals surface area contributed by atoms with Crippen LogP contribution in [0.15, 0.2) is 18.5 Å². The number of alkyl halides is 1. The Labute approximate surface area is 105 Å². The molecule has 0 fully saturated rings. The molecule has 0 saturated carbocycles. The second-order valence-electron chi connectivity index (χ2n) is 3.12. The summed E-state index contributed by atoms with van der Waals surface area (Å²) in [6.45, 7) is 0. The third kappa shape index (κ3) is 1.70. The number of hydrogen-bond donors (Lipinski definition) is 0. The van der Waals surface area contributed by atoms with Crippen LogP contribution in [-0.4, -0.2) is 22.7 Å². The number of esters is 1. The van der Waals surface area contributed by atoms with E-state index < -0.39 is 5.97 Å². The summed E-state index contributed by atoms with van der Waals surface area (Å²) in [5, 5.41) is 5.21. The van der Waals surface area contributed by atoms with E-state index in [1.54, 1.807) is 16.8 Å². The number of pyridine rings is 1. The zero-order valence-electron chi connectivity index (χ0n) is 8.41. The Morgan fingerprint density at radius 2 is 2.44 bits per heavy atom. The van der Waals surface area contributed by atoms with Crippen LogP contribution in [0.3, 0.4) is 0 Å². The van der Waals surface area contributed by atoms with E-state index in [4.69, 9.17) is 16.3 Å². The van der Waals surface area contributed by atoms with Gasteiger partial charge < -0.3 is 4.74 Å². The largest absolute Gasteiger partial charge is 0.465 e. The molecular formula is C10H8BrClN2O2. The molecule has 0 radical (unpaired) electrons. The van der Waals surface area contributed by atoms with Gasteiger partial charge in [0, 0.05) is 22.1 Å². The van der Waals surface area contributed by atoms with Gasteiger partial charge in [-0.3, -0.25) is 0 Å². The average Bonchev–Trinajstić information content (AvgIpc) is 2.72. The molecule has 16 heavy (non-hydrogen) atoms. The first-order chi connectivity index (χ1) is 7.69. The van der Waals surface area contributed by atoms with Crippen LogP contribution in [0.2, 0.25) is 5.02 Å². The lowest BCUT2D eigenvalue weighted by Crippen LogP contribution is -2.02. The number of fused-ring (bicyclic) bond motifs is 1. The third-order valence-corrected chi connectivity index (χ3v) is 3.19. The molecular weight excluding hydrogens is 295 g/mol. The van der Waals surface area contributed by atoms with Crippen molar-refractivity contribution in [1.82, 2.24) is 9.61 Å². The fraction of sp³-hybridized carbons (Fsp3) is 0.200. The van der Waals surface area contributed by atoms with Gasteiger partial charge in [-0.1, -0.05) is 27.5 Å². The molecule has 0 bridgehead atoms. The summed E-state index contributed by atoms with van der Waals surface area (Å²) in [4.78, 5) is 11.5. The van der Waals surface area contributed by atoms with Gasteiger partial charge in [-0.25, -0.2) is 9.31 Å². The van der Waals surface area contributed by atoms with Crippen molar-refractivity contribution in [1.29, 1.82) is 0 Å². The van der Waals surface area contributed by atoms with Crippen molar-refractivity contribution in [3.8, 4) is 0 Å². The smallest absolute Gasteiger partial charge is 0.341 e. The van der Waals surface area contributed by atoms with Gasteiger partial charge in [-0.2, -0.15) is 5.10 Å². The van der Waals surface area contributed by atoms with Crippen LogP contribution < -0.4 is 0 Å². The van der Waals surface area contributed by atoms with Crippen molar-refractivity contribution >= 4 is 39.0 Å². The van der Waals surface area contributed by atoms with Crippen molar-refractivity contribution < 1.29 is 9.53 Å². The maximum atomic E-state index is 11.5. The maximum Gasteiger partial charge on any atom is 0.341 e. The lowest BCUT2D eigenvalue weighted by molar-refractivity contribution is 0.0603. The number of nitrogens with zero attached hydrogens (tertiary/aromatic N) is 2. The Morgan fingerprint density at radius 1 is 1.69 bits per heavy atom. The molecule has 0 spiro atoms. The Kier molecular flexibility index (Phi) is 3.16. The number of carbonyl (C=O) groups is 1. The van der Waals surface area contributed by atoms with E-state index in [2.05, 4.69) is 21.0 Å². The molecule has 0 aliphatic rings. The van der Waals surface area contributed by atoms with Gasteiger partial charge in [0.1, 0.15) is 5.56 Å². The molecule has 0 aromatic carbocycles. The topological polar surface area (TPSA) is 43.6 Å². The monoisotopic (exact) mass is 302 g/mol. The van der Waals surface area contributed by atoms with Gasteiger partial charge in [0.2, 0.25) is 0 Å². The Morgan fingerprint density at radius 3 is 3.06 bits per heavy atom. The Bertz CT molecular complexity index is 553. The highest BCUT2D eigenvalue weighted by atomic mass is 79.9. The SMILES string of the molecule is COC(=O)c1cnn2ccc(Cl)c(CBr)c12. The van der Waals surface area contributed by atoms with Crippen molar-refractivity contribution in [2.24, 2.45) is 0 Å². The van der Waals surface area contributed by atoms with Crippen LogP contribution in [0, 0.1) is 0 Å². The number of carbonyl (C=O) groups excluding carboxylic acids is 1. The second kappa shape index (κ2) is 4.43. The fourth-order valence-corrected chi connectivity index (χ4v) is 2.45. The van der Waals surface area contributed by atoms with Crippen LogP contribution in [0.5, 0.6) is 0 Å². The van der Waals surface area contributed by atoms with E-state index >= 15 is 0 Å². The van der Waals surface area contributed by atoms with Crippen molar-refractivity contribution in [2.75, 3.05) is 7.11 Å². The molecule has 0 unspecified atom stereocenters. The number of ether oxygens (including phenoxy) is 1. The van der Waals surface area contributed by atoms with Crippen LogP contribution in [0.1, 0.15) is 15.9 Å². The standard InChI is InChI=1S/C10H8BrClN2O2/c1-16-10(15)7-5-13-14-3-2-8(12)6(4-11)9(7)14/h2-3,5H,4H2,1H3. The first kappa shape index (κ1) is 11.4. The van der Waals surface area contributed by atoms with Gasteiger partial charge in [-0.15, -0.1) is 0 Å². The second-order valence-corrected chi connectivity index (χ2v) is 4.09. The molecule has 2 aromatic heterocycles. The lowest BCUT2D eigenvalue weighted by atomic mass is 10.2. The normalized spacial score (nSPS) is 10.7. The summed E-state index contributed by atoms with van der Waals surface area (Å²) in [7, 11) is 1.34. The highest BCUT2D eigenvalue weighted by Gasteiger charge is 2.17. The van der Waals surface area contributed by atoms with Gasteiger partial charge in [0.05, 0.1) is 18.8 Å². The average molecular weight is 304 g/mol. The predicted molar refractivity (Wildman–Crippen MR) is 64.2 cm³/mol. The van der Waals surface area contributed by atoms with Crippen LogP contribution in [0.4, 0.5) is 0 Å². The molecule has 0 aliphatic carbocycles. The van der Waals surface area contributed by atoms with Crippen LogP contribution >= 0.6 is 27.5 Å². The Balaban J connectivity index is 2.77. The van der Waals surface area contributed by atoms with E-state index in [1.165, 1.54) is 13.3 Å². The molecule has 0 aliphatic heterocycles. The van der Waals surface area contributed by atoms with Gasteiger partial charge in [0.15, 0.2) is 0 Å². The molecule has 0 atom stereocenters. The molecule has 2 rings (SSSR count). The van der Waals surface area contributed by atoms with Crippen molar-refractivity contribution in [2.45, 2.75) is 5.33 Å². The fourth-order valence-electron chi connectivity index (χ4n) is 1.51. The van der Waals surface area contributed by atoms with Crippen LogP contribution in [-0.2, 0) is 10.1 Å². The molecule has 0 saturated heterocycles. The van der Waals surface area contributed by atoms with E-state index in [0.29, 0.717) is 21.4 Å². The van der Waals surface area contributed by atoms with Gasteiger partial charge in [0.25, 0.3) is 0 Å². The lowest BCUT2D eigenvalue weighted by Gasteiger charge is -2.04. The quantitative estimate of drug-likeness (QED) is 0.633. The first-order valence-electron chi connectivity index (χ1n) is 4.48. The van der Waals surface area contributed by atoms with Crippen LogP contribution in [0.25, 0.3) is 5.52 Å². The molecule has 4 nitrogen and oxygen atoms in total. The highest BCUT2D eigenvalue weighted by Crippen LogP contribution is 2.26. The number of hydrogen-bond acceptors (Lipinski definition) is 3. The first-order valence-corrected chi connectivity index (χ1v) is 5.98. The maximum absolute atomic E-state index is 11.5. The summed E-state index contributed by atoms with van der Waals surface area (Å²) in [6.07, 6.45) is 3.18. The van der Waals surface area contributed by atoms with E-state index in [1.807, 2.05) is 0 Å². The number of methoxy groups -OCH3 is 1. The molecule has 6 heteroatoms. The van der Waals surface area contributed by atoms with E-state index in [0.717, 1.165) is 5.56 Å². The summed E-state index contributed by atoms with van der Waals surface area (Å²) in [6, 6.07) is 1.74. The molecule has 0 N–H and O–H groups in total. The molecule has 84 valence electrons. The summed E-state index contributed by atoms with van der Waals surface area (Å²) < 4.78 is 6.30. The third-order valence-electron chi connectivity index (χ3n) is 2.27. The molecule has 2 aromatic rings. The zero-order chi connectivity index (χ0) is 11.7. The van der Waals surface area contributed by atoms with E-state index in [9.17, 15) is 4.79 Å². The van der Waals surface area contributed by atoms with E-state index in [-0.39, 0.29) is 0 Å². The number of halogens is 2. The minimum absolute atomic E-state index is 0.416. The summed E-state index contributed by atoms with van der Waals surface area (Å²) in [5.74, 6) is -0.417. The molecule has 0 amide bonds. The minimum Gasteiger partial charge on any atom is -0.465 e. The Hall–Kier alpha value is -1.07. The van der Waals surface area contributed by atoms with Crippen molar-refractivity contribution in [3.05, 3.63) is 34.6 Å². The molecule has 2 heterocycles. The van der Waals surface area contributed by atoms with Gasteiger partial charge in [-0.05, 0) is 6.07 Å². The summed E-state index contributed by atoms with van der Waals surface area (Å²) in [5.41, 5.74) is 1.91. The summed E-state index contributed by atoms with van der Waals surface area (Å²) >= 11 is 9.40. The highest BCUT2D eigenvalue weighted by molar-refractivity contribution is 9.08. The number of rotatable bonds is 2. The minimum atomic E-state index is -0.417. The number of aromatic nitrogens is 2. The predicted octanol–water partition coefficient (Wildman–Crippen LogP) is 2.67. The zero-order valence-corrected chi connectivity index (χ0v) is 10.7. The van der Waals surface area contributed by atoms with Gasteiger partial charge >= 0.3 is 5.97 Å².